The third-order valence-electron chi connectivity index (χ3n) is 23.5. The molecule has 0 unspecified atom stereocenters. The first-order valence-electron chi connectivity index (χ1n) is 39.3. The highest BCUT2D eigenvalue weighted by Crippen LogP contribution is 2.44. The normalized spacial score (nSPS) is 16.7. The molecular weight excluding hydrogens is 1360 g/mol. The van der Waals surface area contributed by atoms with Crippen LogP contribution in [0.25, 0.3) is 104 Å². The zero-order valence-electron chi connectivity index (χ0n) is 66.0. The van der Waals surface area contributed by atoms with E-state index in [9.17, 15) is 0 Å². The zero-order valence-corrected chi connectivity index (χ0v) is 66.0. The van der Waals surface area contributed by atoms with E-state index in [-0.39, 0.29) is 6.17 Å². The number of aromatic nitrogens is 4. The van der Waals surface area contributed by atoms with Crippen molar-refractivity contribution in [1.82, 2.24) is 33.0 Å². The number of benzene rings is 12. The summed E-state index contributed by atoms with van der Waals surface area (Å²) < 4.78 is 9.56. The lowest BCUT2D eigenvalue weighted by Gasteiger charge is -2.33. The van der Waals surface area contributed by atoms with Gasteiger partial charge in [0.25, 0.3) is 0 Å². The van der Waals surface area contributed by atoms with Crippen molar-refractivity contribution in [3.8, 4) is 17.1 Å². The summed E-state index contributed by atoms with van der Waals surface area (Å²) in [6.07, 6.45) is 18.6. The van der Waals surface area contributed by atoms with Gasteiger partial charge in [-0.3, -0.25) is 0 Å². The number of hydrogen-bond acceptors (Lipinski definition) is 8. The molecule has 20 rings (SSSR count). The highest BCUT2D eigenvalue weighted by molar-refractivity contribution is 6.14. The van der Waals surface area contributed by atoms with Gasteiger partial charge in [0.05, 0.1) is 38.6 Å². The molecule has 0 bridgehead atoms. The Morgan fingerprint density at radius 2 is 0.541 bits per heavy atom. The highest BCUT2D eigenvalue weighted by atomic mass is 15.4. The molecule has 4 aliphatic rings. The molecule has 111 heavy (non-hydrogen) atoms. The Hall–Kier alpha value is -12.8. The van der Waals surface area contributed by atoms with Crippen molar-refractivity contribution in [2.45, 2.75) is 113 Å². The molecular formula is C99H98N12. The van der Waals surface area contributed by atoms with Crippen molar-refractivity contribution in [2.24, 2.45) is 0 Å². The largest absolute Gasteiger partial charge is 0.359 e. The van der Waals surface area contributed by atoms with Crippen molar-refractivity contribution in [2.75, 3.05) is 38.6 Å². The Morgan fingerprint density at radius 3 is 0.883 bits per heavy atom. The molecule has 4 aliphatic heterocycles. The summed E-state index contributed by atoms with van der Waals surface area (Å²) in [6, 6.07) is 96.6. The average Bonchev–Trinajstić information content (AvgIpc) is 1.59. The van der Waals surface area contributed by atoms with Crippen molar-refractivity contribution in [1.29, 1.82) is 0 Å². The molecule has 0 amide bonds. The molecule has 0 saturated heterocycles. The topological polar surface area (TPSA) is 45.6 Å². The molecule has 8 heterocycles. The molecule has 0 fully saturated rings. The molecule has 12 nitrogen and oxygen atoms in total. The number of para-hydroxylation sites is 8. The number of fused-ring (bicyclic) bond motifs is 12. The predicted molar refractivity (Wildman–Crippen MR) is 472 cm³/mol. The molecule has 16 aromatic rings. The fourth-order valence-corrected chi connectivity index (χ4v) is 17.5. The Labute approximate surface area is 652 Å². The van der Waals surface area contributed by atoms with Crippen LogP contribution in [0.5, 0.6) is 0 Å². The maximum Gasteiger partial charge on any atom is 0.107 e. The fourth-order valence-electron chi connectivity index (χ4n) is 17.5. The number of rotatable bonds is 10. The lowest BCUT2D eigenvalue weighted by molar-refractivity contribution is 0.263. The Balaban J connectivity index is 0.000000108. The first-order chi connectivity index (χ1) is 54.0. The quantitative estimate of drug-likeness (QED) is 0.134. The van der Waals surface area contributed by atoms with E-state index in [0.717, 1.165) is 6.54 Å². The van der Waals surface area contributed by atoms with Crippen LogP contribution in [0.2, 0.25) is 0 Å². The minimum Gasteiger partial charge on any atom is -0.359 e. The van der Waals surface area contributed by atoms with Gasteiger partial charge in [-0.25, -0.2) is 0 Å². The second-order valence-corrected chi connectivity index (χ2v) is 30.4. The maximum atomic E-state index is 2.42. The van der Waals surface area contributed by atoms with E-state index < -0.39 is 0 Å². The van der Waals surface area contributed by atoms with Crippen LogP contribution in [0.1, 0.15) is 70.7 Å². The van der Waals surface area contributed by atoms with E-state index >= 15 is 0 Å². The van der Waals surface area contributed by atoms with Gasteiger partial charge in [0.15, 0.2) is 0 Å². The summed E-state index contributed by atoms with van der Waals surface area (Å²) in [7, 11) is 4.24. The first kappa shape index (κ1) is 71.1. The van der Waals surface area contributed by atoms with E-state index in [2.05, 4.69) is 464 Å². The van der Waals surface area contributed by atoms with Crippen LogP contribution in [-0.4, -0.2) is 77.8 Å². The van der Waals surface area contributed by atoms with Gasteiger partial charge in [0.1, 0.15) is 24.7 Å². The van der Waals surface area contributed by atoms with Crippen LogP contribution in [-0.2, 0) is 6.54 Å². The number of hydrogen-bond donors (Lipinski definition) is 0. The predicted octanol–water partition coefficient (Wildman–Crippen LogP) is 24.0. The maximum absolute atomic E-state index is 2.42. The average molecular weight is 1460 g/mol. The van der Waals surface area contributed by atoms with Crippen molar-refractivity contribution < 1.29 is 0 Å². The van der Waals surface area contributed by atoms with Gasteiger partial charge in [-0.1, -0.05) is 146 Å². The van der Waals surface area contributed by atoms with Crippen LogP contribution < -0.4 is 24.5 Å². The molecule has 0 radical (unpaired) electrons. The van der Waals surface area contributed by atoms with Crippen LogP contribution >= 0.6 is 0 Å². The second-order valence-electron chi connectivity index (χ2n) is 30.4. The number of anilines is 5. The third kappa shape index (κ3) is 12.5. The van der Waals surface area contributed by atoms with Gasteiger partial charge in [0.2, 0.25) is 0 Å². The van der Waals surface area contributed by atoms with Gasteiger partial charge < -0.3 is 57.5 Å². The van der Waals surface area contributed by atoms with Crippen LogP contribution in [0.3, 0.4) is 0 Å². The number of nitrogens with zero attached hydrogens (tertiary/aromatic N) is 12. The van der Waals surface area contributed by atoms with Crippen LogP contribution in [0, 0.1) is 27.7 Å². The minimum absolute atomic E-state index is 0.197. The summed E-state index contributed by atoms with van der Waals surface area (Å²) in [5.74, 6) is 0. The van der Waals surface area contributed by atoms with Crippen molar-refractivity contribution in [3.05, 3.63) is 339 Å². The van der Waals surface area contributed by atoms with Crippen LogP contribution in [0.4, 0.5) is 28.4 Å². The lowest BCUT2D eigenvalue weighted by atomic mass is 10.1. The van der Waals surface area contributed by atoms with E-state index in [1.54, 1.807) is 0 Å². The van der Waals surface area contributed by atoms with Crippen molar-refractivity contribution >= 4 is 116 Å². The molecule has 12 heteroatoms. The molecule has 554 valence electrons. The lowest BCUT2D eigenvalue weighted by Crippen LogP contribution is -2.39. The van der Waals surface area contributed by atoms with E-state index in [1.807, 2.05) is 0 Å². The summed E-state index contributed by atoms with van der Waals surface area (Å²) in [6.45, 7) is 25.6. The minimum atomic E-state index is 0.197. The fraction of sp³-hybridized carbons (Fsp3) is 0.192. The van der Waals surface area contributed by atoms with Crippen molar-refractivity contribution in [3.63, 3.8) is 0 Å². The highest BCUT2D eigenvalue weighted by Gasteiger charge is 2.31. The third-order valence-corrected chi connectivity index (χ3v) is 23.5. The molecule has 4 aromatic heterocycles. The summed E-state index contributed by atoms with van der Waals surface area (Å²) in [4.78, 5) is 18.6. The first-order valence-corrected chi connectivity index (χ1v) is 39.3. The zero-order chi connectivity index (χ0) is 76.5. The van der Waals surface area contributed by atoms with Gasteiger partial charge in [-0.15, -0.1) is 0 Å². The molecule has 0 aliphatic carbocycles. The molecule has 0 spiro atoms. The van der Waals surface area contributed by atoms with E-state index in [4.69, 9.17) is 0 Å². The van der Waals surface area contributed by atoms with Gasteiger partial charge in [-0.2, -0.15) is 0 Å². The molecule has 0 saturated carbocycles. The van der Waals surface area contributed by atoms with Crippen LogP contribution in [0.15, 0.2) is 317 Å². The Morgan fingerprint density at radius 1 is 0.261 bits per heavy atom. The number of aryl methyl sites for hydroxylation is 5. The Kier molecular flexibility index (Phi) is 18.8. The SMILES string of the molecule is CCn1c2ccccc2c2cc(C)c(N3C=CN(C)[C@@H]3C)cc21.Cc1cc2c3ccccc3n(-c3ccccc3)c2cc1N1C=CN(C(C)C)[C@@H]1C.Cc1cc2c3ccccc3n(-c3ccccc3)c2cc1N1C=CN(C)[C@@H]1C.Cc1cc2c3ccccc3n(-c3ccccc3)c2cc1N1C=CN(c2ccccc2)[C@@H]1C. The molecule has 4 atom stereocenters. The van der Waals surface area contributed by atoms with E-state index in [1.165, 1.54) is 155 Å². The van der Waals surface area contributed by atoms with Gasteiger partial charge in [-0.05, 0) is 220 Å². The standard InChI is InChI=1S/C29H25N3.C26H27N3.C24H23N3.C20H23N3/c1-21-19-26-25-15-9-10-16-27(25)32(24-13-7-4-8-14-24)29(26)20-28(21)31-18-17-30(22(31)2)23-11-5-3-6-12-23;1-18(2)27-14-15-28(20(27)4)25-17-26-23(16-19(25)3)22-12-8-9-13-24(22)29(26)21-10-6-5-7-11-21;1-17-15-21-20-11-7-8-12-22(20)27(19-9-5-4-6-10-19)24(21)16-23(17)26-14-13-25(3)18(26)2;1-5-22-18-9-7-6-8-16(18)17-12-14(2)19(13-20(17)22)23-11-10-21(4)15(23)3/h3-20,22H,1-2H3;5-18,20H,1-4H3;4-16,18H,1-3H3;6-13,15H,5H2,1-4H3/t22-;20-;18-;15-/m0000/s1. The summed E-state index contributed by atoms with van der Waals surface area (Å²) in [5, 5.41) is 10.5. The van der Waals surface area contributed by atoms with Gasteiger partial charge >= 0.3 is 0 Å². The monoisotopic (exact) mass is 1450 g/mol. The summed E-state index contributed by atoms with van der Waals surface area (Å²) >= 11 is 0. The molecule has 12 aromatic carbocycles. The summed E-state index contributed by atoms with van der Waals surface area (Å²) in [5.41, 5.74) is 25.2. The smallest absolute Gasteiger partial charge is 0.107 e. The molecule has 0 N–H and O–H groups in total. The van der Waals surface area contributed by atoms with E-state index in [0.29, 0.717) is 24.5 Å². The van der Waals surface area contributed by atoms with Gasteiger partial charge in [0, 0.05) is 170 Å². The second kappa shape index (κ2) is 29.3. The Bertz CT molecular complexity index is 6280.